The molecule has 0 unspecified atom stereocenters. The molecule has 2 rings (SSSR count). The van der Waals surface area contributed by atoms with Crippen LogP contribution >= 0.6 is 0 Å². The summed E-state index contributed by atoms with van der Waals surface area (Å²) in [6.07, 6.45) is 0.829. The molecule has 0 spiro atoms. The van der Waals surface area contributed by atoms with Crippen LogP contribution in [0, 0.1) is 17.8 Å². The summed E-state index contributed by atoms with van der Waals surface area (Å²) >= 11 is 0. The Hall–Kier alpha value is -4.28. The molecule has 1 aromatic carbocycles. The van der Waals surface area contributed by atoms with Crippen LogP contribution in [-0.4, -0.2) is 154 Å². The molecular weight excluding hydrogens is 724 g/mol. The second-order valence-corrected chi connectivity index (χ2v) is 15.2. The number of rotatable bonds is 23. The molecule has 316 valence electrons. The minimum Gasteiger partial charge on any atom is -0.482 e. The van der Waals surface area contributed by atoms with Crippen molar-refractivity contribution in [2.75, 3.05) is 62.1 Å². The molecule has 0 aromatic heterocycles. The van der Waals surface area contributed by atoms with Crippen molar-refractivity contribution in [3.8, 4) is 5.75 Å². The Morgan fingerprint density at radius 1 is 0.946 bits per heavy atom. The van der Waals surface area contributed by atoms with Gasteiger partial charge in [-0.3, -0.25) is 28.9 Å². The largest absolute Gasteiger partial charge is 0.482 e. The van der Waals surface area contributed by atoms with Gasteiger partial charge in [0.1, 0.15) is 11.8 Å². The maximum absolute atomic E-state index is 14.1. The number of amides is 5. The summed E-state index contributed by atoms with van der Waals surface area (Å²) in [5.74, 6) is -3.03. The number of nitrogens with zero attached hydrogens (tertiary/aromatic N) is 3. The molecule has 0 saturated carbocycles. The van der Waals surface area contributed by atoms with Gasteiger partial charge < -0.3 is 45.1 Å². The normalized spacial score (nSPS) is 17.9. The number of hydrogen-bond donors (Lipinski definition) is 4. The average molecular weight is 791 g/mol. The first-order valence-corrected chi connectivity index (χ1v) is 19.4. The molecule has 16 heteroatoms. The number of aliphatic carboxylic acids is 1. The predicted octanol–water partition coefficient (Wildman–Crippen LogP) is 1.55. The van der Waals surface area contributed by atoms with Gasteiger partial charge in [0, 0.05) is 41.3 Å². The zero-order chi connectivity index (χ0) is 42.3. The summed E-state index contributed by atoms with van der Waals surface area (Å²) in [6, 6.07) is 4.38. The van der Waals surface area contributed by atoms with Crippen LogP contribution < -0.4 is 20.7 Å². The fraction of sp³-hybridized carbons (Fsp3) is 0.700. The van der Waals surface area contributed by atoms with Gasteiger partial charge in [-0.1, -0.05) is 53.2 Å². The summed E-state index contributed by atoms with van der Waals surface area (Å²) in [5.41, 5.74) is 0.717. The number of ether oxygens (including phenoxy) is 3. The number of benzene rings is 1. The Balaban J connectivity index is 2.19. The van der Waals surface area contributed by atoms with Crippen molar-refractivity contribution in [3.63, 3.8) is 0 Å². The van der Waals surface area contributed by atoms with Gasteiger partial charge in [0.05, 0.1) is 49.2 Å². The predicted molar refractivity (Wildman–Crippen MR) is 211 cm³/mol. The first-order valence-electron chi connectivity index (χ1n) is 19.4. The van der Waals surface area contributed by atoms with Crippen LogP contribution in [0.1, 0.15) is 65.9 Å². The smallest absolute Gasteiger partial charge is 0.341 e. The van der Waals surface area contributed by atoms with Gasteiger partial charge in [-0.05, 0) is 56.5 Å². The van der Waals surface area contributed by atoms with Gasteiger partial charge >= 0.3 is 5.97 Å². The third-order valence-electron chi connectivity index (χ3n) is 10.8. The van der Waals surface area contributed by atoms with Crippen LogP contribution in [0.3, 0.4) is 0 Å². The number of methoxy groups -OCH3 is 2. The second-order valence-electron chi connectivity index (χ2n) is 15.2. The molecule has 0 bridgehead atoms. The Labute approximate surface area is 332 Å². The zero-order valence-corrected chi connectivity index (χ0v) is 35.1. The Morgan fingerprint density at radius 2 is 1.59 bits per heavy atom. The highest BCUT2D eigenvalue weighted by molar-refractivity contribution is 5.89. The van der Waals surface area contributed by atoms with Crippen molar-refractivity contribution < 1.29 is 48.1 Å². The van der Waals surface area contributed by atoms with Crippen molar-refractivity contribution >= 4 is 35.5 Å². The fourth-order valence-corrected chi connectivity index (χ4v) is 7.64. The topological polar surface area (TPSA) is 196 Å². The molecule has 1 aliphatic rings. The Morgan fingerprint density at radius 3 is 2.11 bits per heavy atom. The Bertz CT molecular complexity index is 1450. The van der Waals surface area contributed by atoms with E-state index in [1.807, 2.05) is 46.7 Å². The number of likely N-dealkylation sites (tertiary alicyclic amines) is 1. The molecule has 1 aliphatic heterocycles. The van der Waals surface area contributed by atoms with Gasteiger partial charge in [-0.25, -0.2) is 4.79 Å². The van der Waals surface area contributed by atoms with E-state index in [0.717, 1.165) is 5.56 Å². The third kappa shape index (κ3) is 13.4. The minimum absolute atomic E-state index is 0.0159. The highest BCUT2D eigenvalue weighted by Crippen LogP contribution is 2.29. The van der Waals surface area contributed by atoms with Crippen molar-refractivity contribution in [1.82, 2.24) is 30.7 Å². The summed E-state index contributed by atoms with van der Waals surface area (Å²) in [7, 11) is 9.82. The number of carboxylic acids is 1. The van der Waals surface area contributed by atoms with Crippen molar-refractivity contribution in [3.05, 3.63) is 29.8 Å². The maximum atomic E-state index is 14.1. The van der Waals surface area contributed by atoms with E-state index in [2.05, 4.69) is 16.0 Å². The molecule has 5 amide bonds. The van der Waals surface area contributed by atoms with Crippen molar-refractivity contribution in [2.45, 2.75) is 103 Å². The van der Waals surface area contributed by atoms with Crippen LogP contribution in [-0.2, 0) is 44.7 Å². The standard InChI is InChI=1S/C40H66N6O10/c1-12-25(4)36(45(9)33(48)22-42-40(53)35(24(2)3)44(7)8)31(54-10)21-32(47)46-19-13-14-30(46)37(55-11)26(5)38(51)43-29(39(52)41-6)20-27-15-17-28(18-16-27)56-23-34(49)50/h15-18,24-26,29-31,35-37H,12-14,19-23H2,1-11H3,(H,41,52)(H,42,53)(H,43,51)(H,49,50)/t25-,26+,29-,30-,31+,35-,36-,37+/m0/s1. The number of likely N-dealkylation sites (N-methyl/N-ethyl adjacent to an activating group) is 3. The SMILES string of the molecule is CC[C@H](C)[C@@H]([C@@H](CC(=O)N1CCC[C@H]1[C@H](OC)[C@@H](C)C(=O)N[C@@H](Cc1ccc(OCC(=O)O)cc1)C(=O)NC)OC)N(C)C(=O)CNC(=O)[C@H](C(C)C)N(C)C. The lowest BCUT2D eigenvalue weighted by Crippen LogP contribution is -2.55. The second kappa shape index (κ2) is 23.1. The molecular formula is C40H66N6O10. The van der Waals surface area contributed by atoms with E-state index in [1.54, 1.807) is 48.0 Å². The van der Waals surface area contributed by atoms with Crippen molar-refractivity contribution in [1.29, 1.82) is 0 Å². The summed E-state index contributed by atoms with van der Waals surface area (Å²) in [5, 5.41) is 17.1. The molecule has 1 saturated heterocycles. The molecule has 0 radical (unpaired) electrons. The first kappa shape index (κ1) is 47.9. The van der Waals surface area contributed by atoms with Gasteiger partial charge in [0.2, 0.25) is 29.5 Å². The highest BCUT2D eigenvalue weighted by Gasteiger charge is 2.42. The molecule has 0 aliphatic carbocycles. The molecule has 8 atom stereocenters. The molecule has 4 N–H and O–H groups in total. The van der Waals surface area contributed by atoms with Crippen LogP contribution in [0.2, 0.25) is 0 Å². The van der Waals surface area contributed by atoms with E-state index in [0.29, 0.717) is 31.6 Å². The zero-order valence-electron chi connectivity index (χ0n) is 35.1. The third-order valence-corrected chi connectivity index (χ3v) is 10.8. The van der Waals surface area contributed by atoms with E-state index in [4.69, 9.17) is 19.3 Å². The van der Waals surface area contributed by atoms with E-state index >= 15 is 0 Å². The van der Waals surface area contributed by atoms with Crippen LogP contribution in [0.4, 0.5) is 0 Å². The maximum Gasteiger partial charge on any atom is 0.341 e. The van der Waals surface area contributed by atoms with E-state index in [-0.39, 0.29) is 48.9 Å². The fourth-order valence-electron chi connectivity index (χ4n) is 7.64. The summed E-state index contributed by atoms with van der Waals surface area (Å²) in [6.45, 7) is 9.40. The molecule has 1 heterocycles. The highest BCUT2D eigenvalue weighted by atomic mass is 16.5. The molecule has 1 fully saturated rings. The van der Waals surface area contributed by atoms with Crippen LogP contribution in [0.15, 0.2) is 24.3 Å². The van der Waals surface area contributed by atoms with Gasteiger partial charge in [0.25, 0.3) is 0 Å². The van der Waals surface area contributed by atoms with Crippen LogP contribution in [0.5, 0.6) is 5.75 Å². The van der Waals surface area contributed by atoms with E-state index < -0.39 is 66.7 Å². The summed E-state index contributed by atoms with van der Waals surface area (Å²) < 4.78 is 17.0. The quantitative estimate of drug-likeness (QED) is 0.126. The van der Waals surface area contributed by atoms with Gasteiger partial charge in [0.15, 0.2) is 6.61 Å². The van der Waals surface area contributed by atoms with Crippen molar-refractivity contribution in [2.24, 2.45) is 17.8 Å². The lowest BCUT2D eigenvalue weighted by Gasteiger charge is -2.39. The lowest BCUT2D eigenvalue weighted by atomic mass is 9.90. The lowest BCUT2D eigenvalue weighted by molar-refractivity contribution is -0.146. The molecule has 56 heavy (non-hydrogen) atoms. The van der Waals surface area contributed by atoms with E-state index in [9.17, 15) is 28.8 Å². The number of carboxylic acid groups (broad SMARTS) is 1. The van der Waals surface area contributed by atoms with E-state index in [1.165, 1.54) is 21.3 Å². The van der Waals surface area contributed by atoms with Crippen LogP contribution in [0.25, 0.3) is 0 Å². The van der Waals surface area contributed by atoms with Gasteiger partial charge in [-0.15, -0.1) is 0 Å². The van der Waals surface area contributed by atoms with Gasteiger partial charge in [-0.2, -0.15) is 0 Å². The number of nitrogens with one attached hydrogen (secondary N) is 3. The number of carbonyl (C=O) groups excluding carboxylic acids is 5. The first-order chi connectivity index (χ1) is 26.4. The number of hydrogen-bond acceptors (Lipinski definition) is 10. The monoisotopic (exact) mass is 790 g/mol. The molecule has 16 nitrogen and oxygen atoms in total. The minimum atomic E-state index is -1.10. The molecule has 1 aromatic rings. The summed E-state index contributed by atoms with van der Waals surface area (Å²) in [4.78, 5) is 83.1. The Kier molecular flexibility index (Phi) is 19.7. The average Bonchev–Trinajstić information content (AvgIpc) is 3.65. The number of carbonyl (C=O) groups is 6.